The first kappa shape index (κ1) is 23.8. The number of hydrogen-bond donors (Lipinski definition) is 1. The Balaban J connectivity index is 1.26. The van der Waals surface area contributed by atoms with Gasteiger partial charge in [0.15, 0.2) is 28.8 Å². The number of halogens is 1. The van der Waals surface area contributed by atoms with Gasteiger partial charge in [0.1, 0.15) is 6.61 Å². The molecule has 0 spiro atoms. The highest BCUT2D eigenvalue weighted by molar-refractivity contribution is 9.10. The summed E-state index contributed by atoms with van der Waals surface area (Å²) in [5.74, 6) is 0.471. The third kappa shape index (κ3) is 4.40. The molecule has 8 heteroatoms. The Bertz CT molecular complexity index is 1380. The second-order valence-corrected chi connectivity index (χ2v) is 9.58. The Kier molecular flexibility index (Phi) is 6.36. The van der Waals surface area contributed by atoms with Crippen LogP contribution in [-0.4, -0.2) is 47.4 Å². The number of nitrogens with zero attached hydrogens (tertiary/aromatic N) is 1. The molecular formula is C28H23BrN2O5. The van der Waals surface area contributed by atoms with Crippen LogP contribution in [0.1, 0.15) is 33.2 Å². The molecular weight excluding hydrogens is 524 g/mol. The maximum atomic E-state index is 12.7. The molecule has 5 rings (SSSR count). The summed E-state index contributed by atoms with van der Waals surface area (Å²) in [5.41, 5.74) is 7.62. The summed E-state index contributed by atoms with van der Waals surface area (Å²) in [7, 11) is 1.54. The van der Waals surface area contributed by atoms with Gasteiger partial charge in [-0.3, -0.25) is 24.8 Å². The van der Waals surface area contributed by atoms with E-state index in [4.69, 9.17) is 9.47 Å². The number of methoxy groups -OCH3 is 1. The molecule has 0 bridgehead atoms. The van der Waals surface area contributed by atoms with Crippen LogP contribution < -0.4 is 14.9 Å². The highest BCUT2D eigenvalue weighted by atomic mass is 79.9. The molecule has 1 aliphatic heterocycles. The first-order valence-corrected chi connectivity index (χ1v) is 12.3. The molecule has 1 unspecified atom stereocenters. The number of nitrogens with one attached hydrogen (secondary N) is 1. The lowest BCUT2D eigenvalue weighted by Crippen LogP contribution is -2.35. The molecule has 182 valence electrons. The number of fused-ring (bicyclic) bond motifs is 1. The van der Waals surface area contributed by atoms with E-state index >= 15 is 0 Å². The van der Waals surface area contributed by atoms with Gasteiger partial charge in [0.25, 0.3) is 0 Å². The highest BCUT2D eigenvalue weighted by Crippen LogP contribution is 2.32. The van der Waals surface area contributed by atoms with Gasteiger partial charge < -0.3 is 9.47 Å². The lowest BCUT2D eigenvalue weighted by atomic mass is 10.0. The standard InChI is InChI=1S/C28H23BrN2O5/c1-16-11-22(29)24(32)14-23(16)31-10-9-18(30-31)15-36-25-8-7-17(13-26(25)35-2)12-21-27(33)19-5-3-4-6-20(19)28(21)34/h3-9,11-14,22,30H,10,15H2,1-2H3. The van der Waals surface area contributed by atoms with Crippen molar-refractivity contribution in [2.45, 2.75) is 11.8 Å². The molecule has 0 fully saturated rings. The lowest BCUT2D eigenvalue weighted by Gasteiger charge is -2.26. The van der Waals surface area contributed by atoms with Crippen molar-refractivity contribution in [3.05, 3.63) is 99.9 Å². The number of hydrogen-bond acceptors (Lipinski definition) is 7. The minimum absolute atomic E-state index is 0.00628. The number of Topliss-reactive ketones (excluding diaryl/α,β-unsaturated/α-hetero) is 2. The van der Waals surface area contributed by atoms with Crippen LogP contribution >= 0.6 is 15.9 Å². The zero-order valence-corrected chi connectivity index (χ0v) is 21.3. The predicted molar refractivity (Wildman–Crippen MR) is 139 cm³/mol. The minimum Gasteiger partial charge on any atom is -0.493 e. The van der Waals surface area contributed by atoms with E-state index < -0.39 is 0 Å². The molecule has 2 aromatic carbocycles. The van der Waals surface area contributed by atoms with Crippen LogP contribution in [0.3, 0.4) is 0 Å². The summed E-state index contributed by atoms with van der Waals surface area (Å²) >= 11 is 3.36. The molecule has 36 heavy (non-hydrogen) atoms. The van der Waals surface area contributed by atoms with Crippen molar-refractivity contribution >= 4 is 39.4 Å². The summed E-state index contributed by atoms with van der Waals surface area (Å²) in [6, 6.07) is 12.1. The minimum atomic E-state index is -0.286. The van der Waals surface area contributed by atoms with Crippen LogP contribution in [0.2, 0.25) is 0 Å². The zero-order valence-electron chi connectivity index (χ0n) is 19.7. The predicted octanol–water partition coefficient (Wildman–Crippen LogP) is 4.42. The Morgan fingerprint density at radius 2 is 1.81 bits per heavy atom. The van der Waals surface area contributed by atoms with E-state index in [9.17, 15) is 14.4 Å². The van der Waals surface area contributed by atoms with Crippen LogP contribution in [0.25, 0.3) is 6.08 Å². The average Bonchev–Trinajstić information content (AvgIpc) is 3.44. The summed E-state index contributed by atoms with van der Waals surface area (Å²) in [6.45, 7) is 2.84. The van der Waals surface area contributed by atoms with Gasteiger partial charge in [-0.1, -0.05) is 52.3 Å². The topological polar surface area (TPSA) is 84.9 Å². The van der Waals surface area contributed by atoms with Gasteiger partial charge in [0, 0.05) is 17.2 Å². The fraction of sp³-hybridized carbons (Fsp3) is 0.179. The van der Waals surface area contributed by atoms with E-state index in [-0.39, 0.29) is 34.4 Å². The normalized spacial score (nSPS) is 18.9. The number of carbonyl (C=O) groups is 3. The van der Waals surface area contributed by atoms with Crippen LogP contribution in [0.5, 0.6) is 11.5 Å². The van der Waals surface area contributed by atoms with Crippen molar-refractivity contribution in [3.8, 4) is 11.5 Å². The third-order valence-electron chi connectivity index (χ3n) is 6.23. The Hall–Kier alpha value is -3.91. The second kappa shape index (κ2) is 9.62. The Morgan fingerprint density at radius 1 is 1.08 bits per heavy atom. The highest BCUT2D eigenvalue weighted by Gasteiger charge is 2.32. The van der Waals surface area contributed by atoms with E-state index in [0.29, 0.717) is 34.7 Å². The van der Waals surface area contributed by atoms with Gasteiger partial charge in [-0.25, -0.2) is 0 Å². The van der Waals surface area contributed by atoms with Gasteiger partial charge in [0.05, 0.1) is 35.4 Å². The molecule has 2 aliphatic carbocycles. The van der Waals surface area contributed by atoms with Gasteiger partial charge in [0.2, 0.25) is 0 Å². The molecule has 1 heterocycles. The summed E-state index contributed by atoms with van der Waals surface area (Å²) in [4.78, 5) is 37.2. The van der Waals surface area contributed by atoms with E-state index in [1.165, 1.54) is 7.11 Å². The second-order valence-electron chi connectivity index (χ2n) is 8.60. The van der Waals surface area contributed by atoms with E-state index in [1.807, 2.05) is 24.1 Å². The SMILES string of the molecule is COc1cc(C=C2C(=O)c3ccccc3C2=O)ccc1OCC1=CCN(C2=CC(=O)C(Br)C=C2C)N1. The molecule has 0 radical (unpaired) electrons. The monoisotopic (exact) mass is 546 g/mol. The molecule has 2 aromatic rings. The molecule has 3 aliphatic rings. The molecule has 7 nitrogen and oxygen atoms in total. The quantitative estimate of drug-likeness (QED) is 0.326. The van der Waals surface area contributed by atoms with Gasteiger partial charge in [-0.15, -0.1) is 0 Å². The number of hydrazine groups is 1. The first-order chi connectivity index (χ1) is 17.4. The smallest absolute Gasteiger partial charge is 0.197 e. The summed E-state index contributed by atoms with van der Waals surface area (Å²) in [5, 5.41) is 1.90. The van der Waals surface area contributed by atoms with Crippen molar-refractivity contribution in [2.24, 2.45) is 0 Å². The fourth-order valence-corrected chi connectivity index (χ4v) is 4.87. The molecule has 0 saturated carbocycles. The number of ketones is 3. The number of ether oxygens (including phenoxy) is 2. The average molecular weight is 547 g/mol. The Labute approximate surface area is 216 Å². The molecule has 1 atom stereocenters. The number of allylic oxidation sites excluding steroid dienone is 4. The number of rotatable bonds is 6. The molecule has 0 amide bonds. The maximum Gasteiger partial charge on any atom is 0.197 e. The van der Waals surface area contributed by atoms with Crippen molar-refractivity contribution in [1.82, 2.24) is 10.4 Å². The summed E-state index contributed by atoms with van der Waals surface area (Å²) in [6.07, 6.45) is 7.11. The molecule has 0 saturated heterocycles. The van der Waals surface area contributed by atoms with Gasteiger partial charge in [-0.05, 0) is 42.3 Å². The van der Waals surface area contributed by atoms with Crippen LogP contribution in [-0.2, 0) is 4.79 Å². The van der Waals surface area contributed by atoms with Crippen LogP contribution in [0.4, 0.5) is 0 Å². The zero-order chi connectivity index (χ0) is 25.4. The van der Waals surface area contributed by atoms with E-state index in [1.54, 1.807) is 54.6 Å². The largest absolute Gasteiger partial charge is 0.493 e. The lowest BCUT2D eigenvalue weighted by molar-refractivity contribution is -0.113. The molecule has 0 aromatic heterocycles. The van der Waals surface area contributed by atoms with Crippen molar-refractivity contribution in [1.29, 1.82) is 0 Å². The van der Waals surface area contributed by atoms with Crippen LogP contribution in [0, 0.1) is 0 Å². The number of alkyl halides is 1. The van der Waals surface area contributed by atoms with E-state index in [0.717, 1.165) is 17.0 Å². The fourth-order valence-electron chi connectivity index (χ4n) is 4.34. The Morgan fingerprint density at radius 3 is 2.50 bits per heavy atom. The van der Waals surface area contributed by atoms with Crippen molar-refractivity contribution < 1.29 is 23.9 Å². The maximum absolute atomic E-state index is 12.7. The van der Waals surface area contributed by atoms with Gasteiger partial charge >= 0.3 is 0 Å². The first-order valence-electron chi connectivity index (χ1n) is 11.4. The van der Waals surface area contributed by atoms with Crippen LogP contribution in [0.15, 0.2) is 83.2 Å². The number of carbonyl (C=O) groups excluding carboxylic acids is 3. The summed E-state index contributed by atoms with van der Waals surface area (Å²) < 4.78 is 11.5. The third-order valence-corrected chi connectivity index (χ3v) is 6.94. The molecule has 1 N–H and O–H groups in total. The van der Waals surface area contributed by atoms with E-state index in [2.05, 4.69) is 21.4 Å². The number of benzene rings is 2. The van der Waals surface area contributed by atoms with Crippen molar-refractivity contribution in [3.63, 3.8) is 0 Å². The van der Waals surface area contributed by atoms with Crippen molar-refractivity contribution in [2.75, 3.05) is 20.3 Å². The van der Waals surface area contributed by atoms with Gasteiger partial charge in [-0.2, -0.15) is 0 Å².